The Morgan fingerprint density at radius 1 is 1.60 bits per heavy atom. The zero-order valence-electron chi connectivity index (χ0n) is 10.3. The Kier molecular flexibility index (Phi) is 2.88. The van der Waals surface area contributed by atoms with Crippen LogP contribution in [0.4, 0.5) is 8.78 Å². The van der Waals surface area contributed by atoms with Crippen molar-refractivity contribution in [3.63, 3.8) is 0 Å². The lowest BCUT2D eigenvalue weighted by molar-refractivity contribution is -0.120. The van der Waals surface area contributed by atoms with Gasteiger partial charge < -0.3 is 5.32 Å². The molecule has 3 rings (SSSR count). The van der Waals surface area contributed by atoms with E-state index < -0.39 is 23.8 Å². The first-order valence-electron chi connectivity index (χ1n) is 6.18. The minimum Gasteiger partial charge on any atom is -0.311 e. The van der Waals surface area contributed by atoms with E-state index >= 15 is 0 Å². The van der Waals surface area contributed by atoms with Crippen LogP contribution < -0.4 is 10.7 Å². The van der Waals surface area contributed by atoms with Gasteiger partial charge in [-0.3, -0.25) is 9.80 Å². The Bertz CT molecular complexity index is 553. The predicted molar refractivity (Wildman–Crippen MR) is 64.7 cm³/mol. The first-order chi connectivity index (χ1) is 9.49. The largest absolute Gasteiger partial charge is 0.311 e. The average Bonchev–Trinajstić information content (AvgIpc) is 2.84. The van der Waals surface area contributed by atoms with Gasteiger partial charge in [-0.05, 0) is 24.1 Å². The van der Waals surface area contributed by atoms with Crippen molar-refractivity contribution in [1.29, 1.82) is 0 Å². The fourth-order valence-electron chi connectivity index (χ4n) is 2.34. The number of azide groups is 1. The van der Waals surface area contributed by atoms with Crippen LogP contribution in [0.1, 0.15) is 12.8 Å². The van der Waals surface area contributed by atoms with E-state index in [0.29, 0.717) is 12.2 Å². The quantitative estimate of drug-likeness (QED) is 0.465. The number of nitrogens with one attached hydrogen (secondary N) is 2. The molecule has 20 heavy (non-hydrogen) atoms. The molecule has 0 radical (unpaired) electrons. The number of hydrazine groups is 1. The summed E-state index contributed by atoms with van der Waals surface area (Å²) < 4.78 is 25.8. The molecule has 2 heterocycles. The fraction of sp³-hybridized carbons (Fsp3) is 0.545. The van der Waals surface area contributed by atoms with E-state index in [9.17, 15) is 13.6 Å². The monoisotopic (exact) mass is 282 g/mol. The van der Waals surface area contributed by atoms with E-state index in [0.717, 1.165) is 0 Å². The molecule has 1 aliphatic carbocycles. The summed E-state index contributed by atoms with van der Waals surface area (Å²) in [6.07, 6.45) is 4.92. The molecular formula is C11H12F2N6O. The van der Waals surface area contributed by atoms with E-state index in [1.165, 1.54) is 11.1 Å². The molecule has 9 heteroatoms. The number of carbonyl (C=O) groups is 1. The highest BCUT2D eigenvalue weighted by atomic mass is 19.3. The third-order valence-electron chi connectivity index (χ3n) is 3.53. The highest BCUT2D eigenvalue weighted by Crippen LogP contribution is 2.51. The van der Waals surface area contributed by atoms with Crippen molar-refractivity contribution in [3.8, 4) is 0 Å². The van der Waals surface area contributed by atoms with Crippen LogP contribution in [-0.2, 0) is 4.79 Å². The van der Waals surface area contributed by atoms with Crippen LogP contribution in [0.25, 0.3) is 10.4 Å². The molecule has 1 saturated carbocycles. The second-order valence-corrected chi connectivity index (χ2v) is 5.04. The van der Waals surface area contributed by atoms with Crippen molar-refractivity contribution in [2.45, 2.75) is 30.8 Å². The molecule has 1 fully saturated rings. The van der Waals surface area contributed by atoms with Gasteiger partial charge in [-0.2, -0.15) is 0 Å². The fourth-order valence-corrected chi connectivity index (χ4v) is 2.34. The summed E-state index contributed by atoms with van der Waals surface area (Å²) in [5.41, 5.74) is 11.4. The molecule has 106 valence electrons. The number of nitrogens with zero attached hydrogens (tertiary/aromatic N) is 4. The molecule has 0 saturated heterocycles. The van der Waals surface area contributed by atoms with E-state index in [4.69, 9.17) is 5.53 Å². The summed E-state index contributed by atoms with van der Waals surface area (Å²) >= 11 is 0. The zero-order valence-corrected chi connectivity index (χ0v) is 10.3. The summed E-state index contributed by atoms with van der Waals surface area (Å²) in [7, 11) is 0. The third kappa shape index (κ3) is 2.33. The summed E-state index contributed by atoms with van der Waals surface area (Å²) in [4.78, 5) is 14.3. The molecule has 0 bridgehead atoms. The molecule has 0 aromatic rings. The first-order valence-corrected chi connectivity index (χ1v) is 6.18. The highest BCUT2D eigenvalue weighted by Gasteiger charge is 2.57. The van der Waals surface area contributed by atoms with Crippen molar-refractivity contribution < 1.29 is 13.6 Å². The van der Waals surface area contributed by atoms with Gasteiger partial charge in [-0.15, -0.1) is 0 Å². The van der Waals surface area contributed by atoms with Gasteiger partial charge in [0.1, 0.15) is 11.9 Å². The molecule has 1 amide bonds. The summed E-state index contributed by atoms with van der Waals surface area (Å²) in [6.45, 7) is 0. The van der Waals surface area contributed by atoms with Crippen LogP contribution in [0.3, 0.4) is 0 Å². The molecule has 3 aliphatic rings. The minimum atomic E-state index is -2.55. The van der Waals surface area contributed by atoms with E-state index in [2.05, 4.69) is 20.8 Å². The van der Waals surface area contributed by atoms with Gasteiger partial charge in [-0.1, -0.05) is 5.11 Å². The summed E-state index contributed by atoms with van der Waals surface area (Å²) in [5.74, 6) is -3.13. The molecule has 2 aliphatic heterocycles. The van der Waals surface area contributed by atoms with Gasteiger partial charge in [0.05, 0.1) is 0 Å². The molecule has 0 aromatic carbocycles. The lowest BCUT2D eigenvalue weighted by atomic mass is 10.1. The van der Waals surface area contributed by atoms with Gasteiger partial charge in [0.2, 0.25) is 5.91 Å². The number of amides is 1. The molecule has 2 N–H and O–H groups in total. The zero-order chi connectivity index (χ0) is 14.3. The van der Waals surface area contributed by atoms with Crippen LogP contribution in [0.15, 0.2) is 29.3 Å². The topological polar surface area (TPSA) is 93.1 Å². The Hall–Kier alpha value is -2.12. The maximum atomic E-state index is 12.9. The van der Waals surface area contributed by atoms with Gasteiger partial charge in [0, 0.05) is 29.5 Å². The Morgan fingerprint density at radius 3 is 3.00 bits per heavy atom. The Labute approximate surface area is 112 Å². The molecule has 0 spiro atoms. The maximum Gasteiger partial charge on any atom is 0.251 e. The Morgan fingerprint density at radius 2 is 2.35 bits per heavy atom. The maximum absolute atomic E-state index is 12.9. The average molecular weight is 282 g/mol. The van der Waals surface area contributed by atoms with Crippen molar-refractivity contribution in [2.75, 3.05) is 0 Å². The van der Waals surface area contributed by atoms with Crippen molar-refractivity contribution in [3.05, 3.63) is 34.6 Å². The van der Waals surface area contributed by atoms with Crippen LogP contribution >= 0.6 is 0 Å². The van der Waals surface area contributed by atoms with Crippen LogP contribution in [-0.4, -0.2) is 28.9 Å². The number of rotatable bonds is 3. The highest BCUT2D eigenvalue weighted by molar-refractivity contribution is 5.85. The molecule has 7 nitrogen and oxygen atoms in total. The SMILES string of the molecule is [N-]=[N+]=NC1C=CN2NC(CC3CC3(F)F)C=C2NC1=O. The van der Waals surface area contributed by atoms with Gasteiger partial charge in [-0.25, -0.2) is 14.2 Å². The smallest absolute Gasteiger partial charge is 0.251 e. The van der Waals surface area contributed by atoms with E-state index in [-0.39, 0.29) is 12.5 Å². The molecule has 3 atom stereocenters. The van der Waals surface area contributed by atoms with Gasteiger partial charge >= 0.3 is 0 Å². The van der Waals surface area contributed by atoms with Crippen LogP contribution in [0.5, 0.6) is 0 Å². The second-order valence-electron chi connectivity index (χ2n) is 5.04. The standard InChI is InChI=1S/C11H12F2N6O/c12-11(13)5-6(11)3-7-4-9-15-10(20)8(16-18-14)1-2-19(9)17-7/h1-2,4,6-8,17H,3,5H2,(H,15,20). The first kappa shape index (κ1) is 12.9. The van der Waals surface area contributed by atoms with Crippen LogP contribution in [0, 0.1) is 5.92 Å². The van der Waals surface area contributed by atoms with E-state index in [1.54, 1.807) is 12.3 Å². The summed E-state index contributed by atoms with van der Waals surface area (Å²) in [6, 6.07) is -1.16. The lowest BCUT2D eigenvalue weighted by Gasteiger charge is -2.18. The molecular weight excluding hydrogens is 270 g/mol. The summed E-state index contributed by atoms with van der Waals surface area (Å²) in [5, 5.41) is 7.48. The number of fused-ring (bicyclic) bond motifs is 1. The number of carbonyl (C=O) groups excluding carboxylic acids is 1. The van der Waals surface area contributed by atoms with Crippen molar-refractivity contribution >= 4 is 5.91 Å². The van der Waals surface area contributed by atoms with Gasteiger partial charge in [0.15, 0.2) is 0 Å². The van der Waals surface area contributed by atoms with Gasteiger partial charge in [0.25, 0.3) is 5.92 Å². The second kappa shape index (κ2) is 4.46. The molecule has 0 aromatic heterocycles. The number of hydrogen-bond acceptors (Lipinski definition) is 4. The number of alkyl halides is 2. The Balaban J connectivity index is 1.68. The van der Waals surface area contributed by atoms with E-state index in [1.807, 2.05) is 0 Å². The predicted octanol–water partition coefficient (Wildman–Crippen LogP) is 1.38. The van der Waals surface area contributed by atoms with Crippen LogP contribution in [0.2, 0.25) is 0 Å². The number of hydrogen-bond donors (Lipinski definition) is 2. The normalized spacial score (nSPS) is 33.7. The lowest BCUT2D eigenvalue weighted by Crippen LogP contribution is -2.37. The van der Waals surface area contributed by atoms with Crippen molar-refractivity contribution in [2.24, 2.45) is 11.0 Å². The number of halogens is 2. The third-order valence-corrected chi connectivity index (χ3v) is 3.53. The van der Waals surface area contributed by atoms with Crippen molar-refractivity contribution in [1.82, 2.24) is 15.8 Å². The molecule has 3 unspecified atom stereocenters. The minimum absolute atomic E-state index is 0.0739.